The van der Waals surface area contributed by atoms with Gasteiger partial charge in [0, 0.05) is 0 Å². The molecule has 8 nitrogen and oxygen atoms in total. The molecular weight excluding hydrogens is 382 g/mol. The number of para-hydroxylation sites is 2. The van der Waals surface area contributed by atoms with E-state index in [2.05, 4.69) is 15.7 Å². The highest BCUT2D eigenvalue weighted by atomic mass is 16.2. The molecular formula is C22H23N5O3. The molecule has 0 spiro atoms. The first-order valence-corrected chi connectivity index (χ1v) is 9.82. The van der Waals surface area contributed by atoms with Crippen LogP contribution in [0.5, 0.6) is 0 Å². The molecule has 2 N–H and O–H groups in total. The monoisotopic (exact) mass is 405 g/mol. The fraction of sp³-hybridized carbons (Fsp3) is 0.273. The predicted molar refractivity (Wildman–Crippen MR) is 111 cm³/mol. The number of aromatic nitrogens is 2. The highest BCUT2D eigenvalue weighted by Crippen LogP contribution is 2.23. The van der Waals surface area contributed by atoms with Gasteiger partial charge in [-0.05, 0) is 44.4 Å². The van der Waals surface area contributed by atoms with Gasteiger partial charge in [0.2, 0.25) is 0 Å². The quantitative estimate of drug-likeness (QED) is 0.616. The van der Waals surface area contributed by atoms with Crippen molar-refractivity contribution in [3.63, 3.8) is 0 Å². The second-order valence-corrected chi connectivity index (χ2v) is 7.68. The Kier molecular flexibility index (Phi) is 4.99. The van der Waals surface area contributed by atoms with E-state index in [9.17, 15) is 14.4 Å². The zero-order valence-corrected chi connectivity index (χ0v) is 16.8. The Balaban J connectivity index is 1.45. The molecule has 2 aromatic carbocycles. The molecule has 0 bridgehead atoms. The fourth-order valence-electron chi connectivity index (χ4n) is 3.61. The molecule has 0 unspecified atom stereocenters. The molecule has 4 rings (SSSR count). The third-order valence-electron chi connectivity index (χ3n) is 5.52. The number of imide groups is 1. The Morgan fingerprint density at radius 3 is 2.60 bits per heavy atom. The number of aryl methyl sites for hydroxylation is 1. The normalized spacial score (nSPS) is 19.7. The van der Waals surface area contributed by atoms with Crippen LogP contribution in [0.4, 0.5) is 4.79 Å². The molecule has 30 heavy (non-hydrogen) atoms. The summed E-state index contributed by atoms with van der Waals surface area (Å²) in [6.07, 6.45) is 2.63. The first kappa shape index (κ1) is 19.6. The Hall–Kier alpha value is -3.68. The highest BCUT2D eigenvalue weighted by molar-refractivity contribution is 6.07. The minimum absolute atomic E-state index is 0.426. The first-order valence-electron chi connectivity index (χ1n) is 9.82. The average Bonchev–Trinajstić information content (AvgIpc) is 3.27. The number of amides is 4. The molecule has 1 saturated heterocycles. The number of carbonyl (C=O) groups is 3. The Morgan fingerprint density at radius 1 is 1.13 bits per heavy atom. The zero-order valence-electron chi connectivity index (χ0n) is 16.8. The SMILES string of the molecule is C[C@H](C(=O)NN1C(=O)N[C@](C)(CCc2ccccc2)C1=O)n1cnc2ccccc21. The van der Waals surface area contributed by atoms with E-state index in [4.69, 9.17) is 0 Å². The van der Waals surface area contributed by atoms with Gasteiger partial charge in [0.05, 0.1) is 17.4 Å². The molecule has 1 aliphatic heterocycles. The van der Waals surface area contributed by atoms with Crippen molar-refractivity contribution in [3.05, 3.63) is 66.5 Å². The number of hydrogen-bond donors (Lipinski definition) is 2. The third kappa shape index (κ3) is 3.52. The van der Waals surface area contributed by atoms with Crippen LogP contribution in [0.15, 0.2) is 60.9 Å². The summed E-state index contributed by atoms with van der Waals surface area (Å²) in [6.45, 7) is 3.37. The summed E-state index contributed by atoms with van der Waals surface area (Å²) in [7, 11) is 0. The van der Waals surface area contributed by atoms with Gasteiger partial charge in [-0.15, -0.1) is 0 Å². The summed E-state index contributed by atoms with van der Waals surface area (Å²) in [5.74, 6) is -0.951. The Morgan fingerprint density at radius 2 is 1.83 bits per heavy atom. The van der Waals surface area contributed by atoms with Crippen LogP contribution in [0.1, 0.15) is 31.9 Å². The summed E-state index contributed by atoms with van der Waals surface area (Å²) >= 11 is 0. The maximum Gasteiger partial charge on any atom is 0.344 e. The standard InChI is InChI=1S/C22H23N5O3/c1-15(26-14-23-17-10-6-7-11-18(17)26)19(28)25-27-20(29)22(2,24-21(27)30)13-12-16-8-4-3-5-9-16/h3-11,14-15H,12-13H2,1-2H3,(H,24,30)(H,25,28)/t15-,22-/m1/s1. The van der Waals surface area contributed by atoms with Crippen LogP contribution in [0, 0.1) is 0 Å². The van der Waals surface area contributed by atoms with Crippen molar-refractivity contribution in [2.45, 2.75) is 38.3 Å². The molecule has 4 amide bonds. The van der Waals surface area contributed by atoms with Crippen molar-refractivity contribution in [1.82, 2.24) is 25.3 Å². The van der Waals surface area contributed by atoms with Crippen LogP contribution >= 0.6 is 0 Å². The van der Waals surface area contributed by atoms with Crippen LogP contribution in [0.2, 0.25) is 0 Å². The smallest absolute Gasteiger partial charge is 0.322 e. The molecule has 1 aromatic heterocycles. The number of hydrazine groups is 1. The molecule has 0 aliphatic carbocycles. The number of nitrogens with zero attached hydrogens (tertiary/aromatic N) is 3. The summed E-state index contributed by atoms with van der Waals surface area (Å²) in [5.41, 5.74) is 4.02. The summed E-state index contributed by atoms with van der Waals surface area (Å²) in [5, 5.41) is 3.49. The van der Waals surface area contributed by atoms with Crippen LogP contribution in [0.25, 0.3) is 11.0 Å². The molecule has 2 atom stereocenters. The van der Waals surface area contributed by atoms with Crippen LogP contribution in [-0.2, 0) is 16.0 Å². The summed E-state index contributed by atoms with van der Waals surface area (Å²) < 4.78 is 1.71. The van der Waals surface area contributed by atoms with E-state index in [0.29, 0.717) is 12.8 Å². The zero-order chi connectivity index (χ0) is 21.3. The van der Waals surface area contributed by atoms with Gasteiger partial charge in [0.25, 0.3) is 11.8 Å². The fourth-order valence-corrected chi connectivity index (χ4v) is 3.61. The van der Waals surface area contributed by atoms with E-state index in [0.717, 1.165) is 21.6 Å². The van der Waals surface area contributed by atoms with Gasteiger partial charge in [0.15, 0.2) is 0 Å². The van der Waals surface area contributed by atoms with Gasteiger partial charge in [-0.3, -0.25) is 15.0 Å². The Labute approximate surface area is 173 Å². The Bertz CT molecular complexity index is 1110. The molecule has 1 fully saturated rings. The van der Waals surface area contributed by atoms with Crippen LogP contribution < -0.4 is 10.7 Å². The lowest BCUT2D eigenvalue weighted by Crippen LogP contribution is -2.50. The van der Waals surface area contributed by atoms with Crippen LogP contribution in [-0.4, -0.2) is 37.9 Å². The molecule has 3 aromatic rings. The number of nitrogens with one attached hydrogen (secondary N) is 2. The van der Waals surface area contributed by atoms with E-state index in [1.54, 1.807) is 24.7 Å². The van der Waals surface area contributed by atoms with Gasteiger partial charge < -0.3 is 9.88 Å². The molecule has 1 aliphatic rings. The van der Waals surface area contributed by atoms with Crippen molar-refractivity contribution in [2.75, 3.05) is 0 Å². The van der Waals surface area contributed by atoms with Crippen molar-refractivity contribution >= 4 is 28.9 Å². The molecule has 154 valence electrons. The maximum atomic E-state index is 12.9. The van der Waals surface area contributed by atoms with Crippen molar-refractivity contribution < 1.29 is 14.4 Å². The van der Waals surface area contributed by atoms with E-state index in [1.165, 1.54) is 0 Å². The topological polar surface area (TPSA) is 96.3 Å². The van der Waals surface area contributed by atoms with E-state index < -0.39 is 29.4 Å². The minimum Gasteiger partial charge on any atom is -0.322 e. The number of rotatable bonds is 6. The van der Waals surface area contributed by atoms with Gasteiger partial charge in [-0.25, -0.2) is 9.78 Å². The van der Waals surface area contributed by atoms with Gasteiger partial charge in [-0.2, -0.15) is 5.01 Å². The second-order valence-electron chi connectivity index (χ2n) is 7.68. The number of carbonyl (C=O) groups excluding carboxylic acids is 3. The van der Waals surface area contributed by atoms with Gasteiger partial charge >= 0.3 is 6.03 Å². The van der Waals surface area contributed by atoms with Crippen molar-refractivity contribution in [2.24, 2.45) is 0 Å². The number of benzene rings is 2. The lowest BCUT2D eigenvalue weighted by atomic mass is 9.93. The summed E-state index contributed by atoms with van der Waals surface area (Å²) in [6, 6.07) is 15.9. The van der Waals surface area contributed by atoms with Gasteiger partial charge in [0.1, 0.15) is 11.6 Å². The molecule has 0 radical (unpaired) electrons. The van der Waals surface area contributed by atoms with E-state index in [1.807, 2.05) is 54.6 Å². The predicted octanol–water partition coefficient (Wildman–Crippen LogP) is 2.57. The molecule has 8 heteroatoms. The lowest BCUT2D eigenvalue weighted by molar-refractivity contribution is -0.139. The number of imidazole rings is 1. The average molecular weight is 405 g/mol. The minimum atomic E-state index is -1.08. The van der Waals surface area contributed by atoms with Crippen LogP contribution in [0.3, 0.4) is 0 Å². The van der Waals surface area contributed by atoms with E-state index in [-0.39, 0.29) is 0 Å². The lowest BCUT2D eigenvalue weighted by Gasteiger charge is -2.22. The van der Waals surface area contributed by atoms with E-state index >= 15 is 0 Å². The first-order chi connectivity index (χ1) is 14.4. The maximum absolute atomic E-state index is 12.9. The largest absolute Gasteiger partial charge is 0.344 e. The highest BCUT2D eigenvalue weighted by Gasteiger charge is 2.48. The van der Waals surface area contributed by atoms with Gasteiger partial charge in [-0.1, -0.05) is 42.5 Å². The number of fused-ring (bicyclic) bond motifs is 1. The number of urea groups is 1. The van der Waals surface area contributed by atoms with Crippen molar-refractivity contribution in [3.8, 4) is 0 Å². The third-order valence-corrected chi connectivity index (χ3v) is 5.52. The molecule has 2 heterocycles. The second kappa shape index (κ2) is 7.62. The summed E-state index contributed by atoms with van der Waals surface area (Å²) in [4.78, 5) is 42.4. The number of hydrogen-bond acceptors (Lipinski definition) is 4. The van der Waals surface area contributed by atoms with Crippen molar-refractivity contribution in [1.29, 1.82) is 0 Å². The molecule has 0 saturated carbocycles.